The molecule has 2 N–H and O–H groups in total. The number of aromatic carboxylic acids is 1. The van der Waals surface area contributed by atoms with Crippen molar-refractivity contribution in [1.29, 1.82) is 0 Å². The van der Waals surface area contributed by atoms with E-state index in [1.807, 2.05) is 0 Å². The van der Waals surface area contributed by atoms with E-state index in [4.69, 9.17) is 4.74 Å². The lowest BCUT2D eigenvalue weighted by Crippen LogP contribution is -2.25. The second-order valence-electron chi connectivity index (χ2n) is 6.17. The number of methoxy groups -OCH3 is 1. The minimum atomic E-state index is -1.12. The zero-order chi connectivity index (χ0) is 18.8. The molecule has 7 heteroatoms. The molecule has 0 unspecified atom stereocenters. The summed E-state index contributed by atoms with van der Waals surface area (Å²) in [5.41, 5.74) is 0.961. The lowest BCUT2D eigenvalue weighted by atomic mass is 10.1. The Hall–Kier alpha value is -2.96. The van der Waals surface area contributed by atoms with Crippen molar-refractivity contribution < 1.29 is 28.2 Å². The van der Waals surface area contributed by atoms with Crippen molar-refractivity contribution >= 4 is 11.9 Å². The first-order chi connectivity index (χ1) is 12.4. The van der Waals surface area contributed by atoms with Gasteiger partial charge in [0.1, 0.15) is 22.9 Å². The summed E-state index contributed by atoms with van der Waals surface area (Å²) in [4.78, 5) is 23.4. The molecule has 0 radical (unpaired) electrons. The van der Waals surface area contributed by atoms with Crippen LogP contribution in [0, 0.1) is 17.6 Å². The molecule has 2 aromatic rings. The molecule has 1 aliphatic carbocycles. The zero-order valence-electron chi connectivity index (χ0n) is 14.0. The number of hydrogen-bond donors (Lipinski definition) is 2. The van der Waals surface area contributed by atoms with E-state index in [-0.39, 0.29) is 35.6 Å². The van der Waals surface area contributed by atoms with E-state index < -0.39 is 17.6 Å². The average Bonchev–Trinajstić information content (AvgIpc) is 3.39. The third kappa shape index (κ3) is 3.66. The van der Waals surface area contributed by atoms with Crippen molar-refractivity contribution in [3.8, 4) is 5.75 Å². The predicted molar refractivity (Wildman–Crippen MR) is 89.0 cm³/mol. The molecule has 1 saturated carbocycles. The number of nitrogens with one attached hydrogen (secondary N) is 1. The van der Waals surface area contributed by atoms with Gasteiger partial charge in [0.15, 0.2) is 0 Å². The van der Waals surface area contributed by atoms with Crippen LogP contribution < -0.4 is 10.1 Å². The van der Waals surface area contributed by atoms with Crippen LogP contribution in [-0.2, 0) is 11.3 Å². The summed E-state index contributed by atoms with van der Waals surface area (Å²) >= 11 is 0. The zero-order valence-corrected chi connectivity index (χ0v) is 14.0. The number of halogens is 2. The Morgan fingerprint density at radius 1 is 1.23 bits per heavy atom. The molecule has 1 aliphatic rings. The number of rotatable bonds is 6. The van der Waals surface area contributed by atoms with Crippen LogP contribution in [0.5, 0.6) is 5.75 Å². The van der Waals surface area contributed by atoms with Gasteiger partial charge >= 0.3 is 5.97 Å². The highest BCUT2D eigenvalue weighted by Gasteiger charge is 2.45. The minimum Gasteiger partial charge on any atom is -0.496 e. The van der Waals surface area contributed by atoms with Crippen LogP contribution in [-0.4, -0.2) is 24.1 Å². The van der Waals surface area contributed by atoms with Crippen LogP contribution in [0.15, 0.2) is 36.4 Å². The Morgan fingerprint density at radius 2 is 2.00 bits per heavy atom. The van der Waals surface area contributed by atoms with Crippen molar-refractivity contribution in [2.75, 3.05) is 7.11 Å². The average molecular weight is 361 g/mol. The maximum atomic E-state index is 13.8. The summed E-state index contributed by atoms with van der Waals surface area (Å²) in [5.74, 6) is -3.06. The number of benzene rings is 2. The van der Waals surface area contributed by atoms with Gasteiger partial charge in [-0.05, 0) is 41.7 Å². The molecule has 0 heterocycles. The van der Waals surface area contributed by atoms with Crippen LogP contribution in [0.3, 0.4) is 0 Å². The van der Waals surface area contributed by atoms with E-state index in [9.17, 15) is 23.5 Å². The Labute approximate surface area is 148 Å². The summed E-state index contributed by atoms with van der Waals surface area (Å²) in [6, 6.07) is 7.98. The number of ether oxygens (including phenoxy) is 1. The van der Waals surface area contributed by atoms with Gasteiger partial charge in [0, 0.05) is 18.5 Å². The molecular formula is C19H17F2NO4. The van der Waals surface area contributed by atoms with Gasteiger partial charge in [-0.15, -0.1) is 0 Å². The number of carbonyl (C=O) groups excluding carboxylic acids is 1. The molecule has 136 valence electrons. The normalized spacial score (nSPS) is 18.3. The van der Waals surface area contributed by atoms with Crippen LogP contribution in [0.1, 0.15) is 33.8 Å². The van der Waals surface area contributed by atoms with Gasteiger partial charge in [0.05, 0.1) is 7.11 Å². The van der Waals surface area contributed by atoms with Gasteiger partial charge in [0.2, 0.25) is 5.91 Å². The summed E-state index contributed by atoms with van der Waals surface area (Å²) in [6.07, 6.45) is 0.497. The molecule has 26 heavy (non-hydrogen) atoms. The van der Waals surface area contributed by atoms with E-state index in [1.54, 1.807) is 6.07 Å². The van der Waals surface area contributed by atoms with Crippen molar-refractivity contribution in [3.05, 3.63) is 64.7 Å². The lowest BCUT2D eigenvalue weighted by molar-refractivity contribution is -0.122. The number of carboxylic acid groups (broad SMARTS) is 1. The smallest absolute Gasteiger partial charge is 0.339 e. The summed E-state index contributed by atoms with van der Waals surface area (Å²) < 4.78 is 31.7. The van der Waals surface area contributed by atoms with Crippen molar-refractivity contribution in [3.63, 3.8) is 0 Å². The fourth-order valence-corrected chi connectivity index (χ4v) is 2.98. The van der Waals surface area contributed by atoms with Crippen molar-refractivity contribution in [2.45, 2.75) is 18.9 Å². The molecule has 5 nitrogen and oxygen atoms in total. The van der Waals surface area contributed by atoms with Gasteiger partial charge in [-0.25, -0.2) is 13.6 Å². The molecule has 2 aromatic carbocycles. The van der Waals surface area contributed by atoms with Crippen LogP contribution >= 0.6 is 0 Å². The van der Waals surface area contributed by atoms with Gasteiger partial charge in [-0.3, -0.25) is 4.79 Å². The van der Waals surface area contributed by atoms with Crippen molar-refractivity contribution in [2.24, 2.45) is 5.92 Å². The standard InChI is InChI=1S/C19H17F2NO4/c1-26-17-5-2-10(6-15(17)19(24)25)9-22-18(23)14-8-13(14)12-4-3-11(20)7-16(12)21/h2-7,13-14H,8-9H2,1H3,(H,22,23)(H,24,25)/t13-,14+/m1/s1. The second kappa shape index (κ2) is 7.11. The lowest BCUT2D eigenvalue weighted by Gasteiger charge is -2.09. The maximum absolute atomic E-state index is 13.8. The number of hydrogen-bond acceptors (Lipinski definition) is 3. The van der Waals surface area contributed by atoms with Gasteiger partial charge < -0.3 is 15.2 Å². The Morgan fingerprint density at radius 3 is 2.65 bits per heavy atom. The molecule has 0 saturated heterocycles. The number of carboxylic acids is 1. The monoisotopic (exact) mass is 361 g/mol. The quantitative estimate of drug-likeness (QED) is 0.829. The van der Waals surface area contributed by atoms with Crippen LogP contribution in [0.2, 0.25) is 0 Å². The topological polar surface area (TPSA) is 75.6 Å². The van der Waals surface area contributed by atoms with E-state index in [0.29, 0.717) is 17.5 Å². The Bertz CT molecular complexity index is 869. The van der Waals surface area contributed by atoms with Crippen LogP contribution in [0.4, 0.5) is 8.78 Å². The molecule has 0 aromatic heterocycles. The van der Waals surface area contributed by atoms with Gasteiger partial charge in [-0.2, -0.15) is 0 Å². The first kappa shape index (κ1) is 17.8. The highest BCUT2D eigenvalue weighted by Crippen LogP contribution is 2.48. The molecule has 0 aliphatic heterocycles. The predicted octanol–water partition coefficient (Wildman–Crippen LogP) is 3.09. The van der Waals surface area contributed by atoms with E-state index in [1.165, 1.54) is 31.4 Å². The molecular weight excluding hydrogens is 344 g/mol. The van der Waals surface area contributed by atoms with E-state index >= 15 is 0 Å². The summed E-state index contributed by atoms with van der Waals surface area (Å²) in [7, 11) is 1.38. The highest BCUT2D eigenvalue weighted by atomic mass is 19.1. The van der Waals surface area contributed by atoms with E-state index in [0.717, 1.165) is 6.07 Å². The molecule has 0 spiro atoms. The van der Waals surface area contributed by atoms with Crippen molar-refractivity contribution in [1.82, 2.24) is 5.32 Å². The fourth-order valence-electron chi connectivity index (χ4n) is 2.98. The minimum absolute atomic E-state index is 0.0110. The largest absolute Gasteiger partial charge is 0.496 e. The second-order valence-corrected chi connectivity index (χ2v) is 6.17. The number of carbonyl (C=O) groups is 2. The van der Waals surface area contributed by atoms with Crippen LogP contribution in [0.25, 0.3) is 0 Å². The Balaban J connectivity index is 1.62. The first-order valence-corrected chi connectivity index (χ1v) is 8.03. The van der Waals surface area contributed by atoms with Gasteiger partial charge in [-0.1, -0.05) is 12.1 Å². The maximum Gasteiger partial charge on any atom is 0.339 e. The summed E-state index contributed by atoms with van der Waals surface area (Å²) in [5, 5.41) is 11.9. The highest BCUT2D eigenvalue weighted by molar-refractivity contribution is 5.91. The fraction of sp³-hybridized carbons (Fsp3) is 0.263. The molecule has 1 amide bonds. The molecule has 2 atom stereocenters. The third-order valence-electron chi connectivity index (χ3n) is 4.45. The molecule has 1 fully saturated rings. The Kier molecular flexibility index (Phi) is 4.88. The van der Waals surface area contributed by atoms with Gasteiger partial charge in [0.25, 0.3) is 0 Å². The third-order valence-corrected chi connectivity index (χ3v) is 4.45. The molecule has 3 rings (SSSR count). The summed E-state index contributed by atoms with van der Waals surface area (Å²) in [6.45, 7) is 0.151. The first-order valence-electron chi connectivity index (χ1n) is 8.03. The SMILES string of the molecule is COc1ccc(CNC(=O)[C@H]2C[C@@H]2c2ccc(F)cc2F)cc1C(=O)O. The van der Waals surface area contributed by atoms with E-state index in [2.05, 4.69) is 5.32 Å². The number of amides is 1. The molecule has 0 bridgehead atoms.